The molecule has 0 atom stereocenters. The summed E-state index contributed by atoms with van der Waals surface area (Å²) in [6, 6.07) is 1.97. The summed E-state index contributed by atoms with van der Waals surface area (Å²) in [6.45, 7) is -0.0104. The third kappa shape index (κ3) is 2.96. The van der Waals surface area contributed by atoms with E-state index in [4.69, 9.17) is 5.26 Å². The van der Waals surface area contributed by atoms with Crippen molar-refractivity contribution in [2.75, 3.05) is 12.8 Å². The van der Waals surface area contributed by atoms with Crippen molar-refractivity contribution in [3.63, 3.8) is 0 Å². The highest BCUT2D eigenvalue weighted by Crippen LogP contribution is 2.23. The molecule has 0 aromatic heterocycles. The van der Waals surface area contributed by atoms with Gasteiger partial charge in [-0.2, -0.15) is 9.57 Å². The lowest BCUT2D eigenvalue weighted by Gasteiger charge is -2.30. The van der Waals surface area contributed by atoms with E-state index in [1.54, 1.807) is 0 Å². The minimum Gasteiger partial charge on any atom is -0.212 e. The number of hydrogen-bond donors (Lipinski definition) is 0. The lowest BCUT2D eigenvalue weighted by Crippen LogP contribution is -2.40. The highest BCUT2D eigenvalue weighted by Gasteiger charge is 2.27. The van der Waals surface area contributed by atoms with Crippen LogP contribution in [0.15, 0.2) is 0 Å². The maximum absolute atomic E-state index is 11.4. The summed E-state index contributed by atoms with van der Waals surface area (Å²) in [4.78, 5) is 0. The summed E-state index contributed by atoms with van der Waals surface area (Å²) in [7, 11) is -3.22. The average Bonchev–Trinajstić information content (AvgIpc) is 2.14. The van der Waals surface area contributed by atoms with Crippen molar-refractivity contribution in [1.29, 1.82) is 5.26 Å². The van der Waals surface area contributed by atoms with Crippen LogP contribution in [-0.4, -0.2) is 31.6 Å². The van der Waals surface area contributed by atoms with Crippen molar-refractivity contribution in [3.05, 3.63) is 0 Å². The largest absolute Gasteiger partial charge is 0.212 e. The van der Waals surface area contributed by atoms with Gasteiger partial charge in [-0.25, -0.2) is 8.42 Å². The van der Waals surface area contributed by atoms with Gasteiger partial charge in [0.2, 0.25) is 10.0 Å². The second-order valence-corrected chi connectivity index (χ2v) is 5.69. The Morgan fingerprint density at radius 3 is 2.36 bits per heavy atom. The number of sulfonamides is 1. The Morgan fingerprint density at radius 2 is 1.93 bits per heavy atom. The molecule has 1 aliphatic carbocycles. The molecule has 0 N–H and O–H groups in total. The highest BCUT2D eigenvalue weighted by atomic mass is 32.2. The van der Waals surface area contributed by atoms with Gasteiger partial charge in [-0.05, 0) is 12.8 Å². The normalized spacial score (nSPS) is 19.5. The first-order chi connectivity index (χ1) is 6.55. The molecule has 0 bridgehead atoms. The zero-order valence-corrected chi connectivity index (χ0v) is 9.26. The SMILES string of the molecule is CS(=O)(=O)N(CC#N)C1CCCCC1. The average molecular weight is 216 g/mol. The number of rotatable bonds is 3. The molecule has 5 heteroatoms. The fourth-order valence-electron chi connectivity index (χ4n) is 1.96. The van der Waals surface area contributed by atoms with Gasteiger partial charge >= 0.3 is 0 Å². The van der Waals surface area contributed by atoms with Crippen molar-refractivity contribution >= 4 is 10.0 Å². The lowest BCUT2D eigenvalue weighted by molar-refractivity contribution is 0.272. The summed E-state index contributed by atoms with van der Waals surface area (Å²) < 4.78 is 24.1. The van der Waals surface area contributed by atoms with Gasteiger partial charge in [0.05, 0.1) is 12.3 Å². The maximum Gasteiger partial charge on any atom is 0.212 e. The Hall–Kier alpha value is -0.600. The van der Waals surface area contributed by atoms with Crippen LogP contribution < -0.4 is 0 Å². The van der Waals surface area contributed by atoms with Crippen molar-refractivity contribution in [2.45, 2.75) is 38.1 Å². The second kappa shape index (κ2) is 4.76. The number of hydrogen-bond acceptors (Lipinski definition) is 3. The number of nitriles is 1. The quantitative estimate of drug-likeness (QED) is 0.664. The summed E-state index contributed by atoms with van der Waals surface area (Å²) in [5, 5.41) is 8.57. The third-order valence-electron chi connectivity index (χ3n) is 2.63. The second-order valence-electron chi connectivity index (χ2n) is 3.76. The fraction of sp³-hybridized carbons (Fsp3) is 0.889. The van der Waals surface area contributed by atoms with Gasteiger partial charge in [0, 0.05) is 6.04 Å². The van der Waals surface area contributed by atoms with Crippen LogP contribution in [0.1, 0.15) is 32.1 Å². The molecule has 0 unspecified atom stereocenters. The van der Waals surface area contributed by atoms with Crippen LogP contribution in [0.25, 0.3) is 0 Å². The molecule has 0 heterocycles. The zero-order valence-electron chi connectivity index (χ0n) is 8.44. The van der Waals surface area contributed by atoms with Gasteiger partial charge in [-0.3, -0.25) is 0 Å². The molecule has 1 saturated carbocycles. The molecule has 0 spiro atoms. The smallest absolute Gasteiger partial charge is 0.212 e. The van der Waals surface area contributed by atoms with Crippen LogP contribution in [0, 0.1) is 11.3 Å². The molecular formula is C9H16N2O2S. The van der Waals surface area contributed by atoms with Crippen molar-refractivity contribution in [1.82, 2.24) is 4.31 Å². The van der Waals surface area contributed by atoms with Gasteiger partial charge in [-0.15, -0.1) is 0 Å². The lowest BCUT2D eigenvalue weighted by atomic mass is 9.95. The predicted octanol–water partition coefficient (Wildman–Crippen LogP) is 1.10. The Labute approximate surface area is 85.6 Å². The molecule has 0 aliphatic heterocycles. The molecule has 80 valence electrons. The topological polar surface area (TPSA) is 61.2 Å². The molecular weight excluding hydrogens is 200 g/mol. The molecule has 0 amide bonds. The van der Waals surface area contributed by atoms with Gasteiger partial charge < -0.3 is 0 Å². The van der Waals surface area contributed by atoms with Gasteiger partial charge in [0.25, 0.3) is 0 Å². The maximum atomic E-state index is 11.4. The van der Waals surface area contributed by atoms with E-state index in [2.05, 4.69) is 0 Å². The highest BCUT2D eigenvalue weighted by molar-refractivity contribution is 7.88. The van der Waals surface area contributed by atoms with Crippen LogP contribution in [0.4, 0.5) is 0 Å². The van der Waals surface area contributed by atoms with E-state index in [9.17, 15) is 8.42 Å². The Balaban J connectivity index is 2.72. The first-order valence-electron chi connectivity index (χ1n) is 4.89. The molecule has 0 radical (unpaired) electrons. The minimum atomic E-state index is -3.22. The summed E-state index contributed by atoms with van der Waals surface area (Å²) in [5.74, 6) is 0. The first kappa shape index (κ1) is 11.5. The molecule has 0 aromatic carbocycles. The number of nitrogens with zero attached hydrogens (tertiary/aromatic N) is 2. The third-order valence-corrected chi connectivity index (χ3v) is 3.91. The van der Waals surface area contributed by atoms with Gasteiger partial charge in [-0.1, -0.05) is 19.3 Å². The standard InChI is InChI=1S/C9H16N2O2S/c1-14(12,13)11(8-7-10)9-5-3-2-4-6-9/h9H,2-6,8H2,1H3. The molecule has 14 heavy (non-hydrogen) atoms. The molecule has 1 fully saturated rings. The van der Waals surface area contributed by atoms with Crippen molar-refractivity contribution < 1.29 is 8.42 Å². The van der Waals surface area contributed by atoms with E-state index in [1.807, 2.05) is 6.07 Å². The zero-order chi connectivity index (χ0) is 10.6. The van der Waals surface area contributed by atoms with Crippen molar-refractivity contribution in [3.8, 4) is 6.07 Å². The summed E-state index contributed by atoms with van der Waals surface area (Å²) in [5.41, 5.74) is 0. The molecule has 1 rings (SSSR count). The van der Waals surface area contributed by atoms with Crippen LogP contribution in [-0.2, 0) is 10.0 Å². The monoisotopic (exact) mass is 216 g/mol. The molecule has 0 aromatic rings. The summed E-state index contributed by atoms with van der Waals surface area (Å²) >= 11 is 0. The van der Waals surface area contributed by atoms with E-state index >= 15 is 0 Å². The fourth-order valence-corrected chi connectivity index (χ4v) is 3.00. The van der Waals surface area contributed by atoms with E-state index in [-0.39, 0.29) is 12.6 Å². The Kier molecular flexibility index (Phi) is 3.90. The minimum absolute atomic E-state index is 0.0104. The van der Waals surface area contributed by atoms with Crippen LogP contribution in [0.5, 0.6) is 0 Å². The van der Waals surface area contributed by atoms with E-state index in [0.29, 0.717) is 0 Å². The molecule has 1 aliphatic rings. The van der Waals surface area contributed by atoms with E-state index < -0.39 is 10.0 Å². The van der Waals surface area contributed by atoms with E-state index in [1.165, 1.54) is 17.0 Å². The van der Waals surface area contributed by atoms with Crippen LogP contribution >= 0.6 is 0 Å². The molecule has 4 nitrogen and oxygen atoms in total. The van der Waals surface area contributed by atoms with Gasteiger partial charge in [0.1, 0.15) is 6.54 Å². The van der Waals surface area contributed by atoms with Crippen LogP contribution in [0.2, 0.25) is 0 Å². The first-order valence-corrected chi connectivity index (χ1v) is 6.74. The molecule has 0 saturated heterocycles. The Bertz CT molecular complexity index is 312. The summed E-state index contributed by atoms with van der Waals surface area (Å²) in [6.07, 6.45) is 6.30. The van der Waals surface area contributed by atoms with Crippen molar-refractivity contribution in [2.24, 2.45) is 0 Å². The van der Waals surface area contributed by atoms with Crippen LogP contribution in [0.3, 0.4) is 0 Å². The Morgan fingerprint density at radius 1 is 1.36 bits per heavy atom. The predicted molar refractivity (Wildman–Crippen MR) is 54.0 cm³/mol. The van der Waals surface area contributed by atoms with Gasteiger partial charge in [0.15, 0.2) is 0 Å². The van der Waals surface area contributed by atoms with E-state index in [0.717, 1.165) is 25.7 Å².